The van der Waals surface area contributed by atoms with Crippen molar-refractivity contribution < 1.29 is 16.5 Å². The van der Waals surface area contributed by atoms with Crippen LogP contribution in [0.5, 0.6) is 0 Å². The van der Waals surface area contributed by atoms with Crippen molar-refractivity contribution in [1.29, 1.82) is 0 Å². The Hall–Kier alpha value is -6.72. The molecule has 0 amide bonds. The maximum atomic E-state index is 9.89. The van der Waals surface area contributed by atoms with E-state index in [4.69, 9.17) is 19.9 Å². The van der Waals surface area contributed by atoms with E-state index in [9.17, 15) is 5.53 Å². The van der Waals surface area contributed by atoms with Gasteiger partial charge in [0.1, 0.15) is 0 Å². The molecule has 0 spiro atoms. The molecule has 7 aromatic rings. The number of hydrogen-bond donors (Lipinski definition) is 0. The summed E-state index contributed by atoms with van der Waals surface area (Å²) in [6, 6.07) is 41.8. The summed E-state index contributed by atoms with van der Waals surface area (Å²) < 4.78 is 0. The Kier molecular flexibility index (Phi) is 9.61. The summed E-state index contributed by atoms with van der Waals surface area (Å²) in [5.74, 6) is 0. The van der Waals surface area contributed by atoms with Crippen LogP contribution in [0.2, 0.25) is 0 Å². The maximum absolute atomic E-state index is 9.89. The molecule has 7 nitrogen and oxygen atoms in total. The number of aromatic nitrogens is 4. The van der Waals surface area contributed by atoms with Gasteiger partial charge in [0.05, 0.1) is 28.5 Å². The summed E-state index contributed by atoms with van der Waals surface area (Å²) in [6.07, 6.45) is 5.97. The number of hydrogen-bond acceptors (Lipinski definition) is 3. The molecule has 0 N–H and O–H groups in total. The molecular weight excluding hydrogens is 733 g/mol. The monoisotopic (exact) mass is 767 g/mol. The Morgan fingerprint density at radius 2 is 0.821 bits per heavy atom. The smallest absolute Gasteiger partial charge is 0.657 e. The zero-order valence-electron chi connectivity index (χ0n) is 31.2. The molecule has 0 fully saturated rings. The molecule has 4 aromatic carbocycles. The van der Waals surface area contributed by atoms with E-state index in [0.29, 0.717) is 22.6 Å². The van der Waals surface area contributed by atoms with Crippen molar-refractivity contribution in [2.45, 2.75) is 27.7 Å². The van der Waals surface area contributed by atoms with Gasteiger partial charge in [-0.2, -0.15) is 0 Å². The first kappa shape index (κ1) is 36.3. The second-order valence-electron chi connectivity index (χ2n) is 14.2. The Labute approximate surface area is 335 Å². The molecule has 2 aliphatic heterocycles. The third-order valence-corrected chi connectivity index (χ3v) is 10.2. The van der Waals surface area contributed by atoms with Crippen LogP contribution in [0, 0.1) is 27.7 Å². The van der Waals surface area contributed by atoms with E-state index in [-0.39, 0.29) is 16.5 Å². The van der Waals surface area contributed by atoms with Gasteiger partial charge in [0.15, 0.2) is 0 Å². The van der Waals surface area contributed by atoms with E-state index < -0.39 is 0 Å². The molecule has 0 atom stereocenters. The summed E-state index contributed by atoms with van der Waals surface area (Å²) in [5, 5.41) is 4.23. The second kappa shape index (κ2) is 14.8. The number of aryl methyl sites for hydroxylation is 4. The van der Waals surface area contributed by atoms with Crippen LogP contribution in [0.25, 0.3) is 101 Å². The first-order valence-corrected chi connectivity index (χ1v) is 18.3. The predicted molar refractivity (Wildman–Crippen MR) is 226 cm³/mol. The molecule has 56 heavy (non-hydrogen) atoms. The van der Waals surface area contributed by atoms with E-state index in [1.54, 1.807) is 0 Å². The minimum atomic E-state index is 0. The summed E-state index contributed by atoms with van der Waals surface area (Å²) in [7, 11) is 0. The third kappa shape index (κ3) is 6.66. The number of rotatable bonds is 5. The van der Waals surface area contributed by atoms with Crippen molar-refractivity contribution in [3.05, 3.63) is 177 Å². The predicted octanol–water partition coefficient (Wildman–Crippen LogP) is 12.5. The average molecular weight is 769 g/mol. The van der Waals surface area contributed by atoms with Gasteiger partial charge in [-0.25, -0.2) is 9.97 Å². The second-order valence-corrected chi connectivity index (χ2v) is 14.2. The molecule has 272 valence electrons. The summed E-state index contributed by atoms with van der Waals surface area (Å²) in [4.78, 5) is 24.6. The summed E-state index contributed by atoms with van der Waals surface area (Å²) in [5.41, 5.74) is 28.0. The van der Waals surface area contributed by atoms with Crippen molar-refractivity contribution >= 4 is 46.0 Å². The van der Waals surface area contributed by atoms with Crippen LogP contribution >= 0.6 is 0 Å². The van der Waals surface area contributed by atoms with Crippen molar-refractivity contribution in [3.63, 3.8) is 0 Å². The molecule has 9 rings (SSSR count). The molecule has 0 aliphatic carbocycles. The summed E-state index contributed by atoms with van der Waals surface area (Å²) in [6.45, 7) is 8.31. The minimum absolute atomic E-state index is 0. The normalized spacial score (nSPS) is 11.8. The van der Waals surface area contributed by atoms with E-state index in [2.05, 4.69) is 153 Å². The van der Waals surface area contributed by atoms with Crippen LogP contribution in [0.3, 0.4) is 0 Å². The van der Waals surface area contributed by atoms with Crippen LogP contribution in [0.15, 0.2) is 126 Å². The van der Waals surface area contributed by atoms with E-state index in [0.717, 1.165) is 83.6 Å². The van der Waals surface area contributed by atoms with Gasteiger partial charge in [0, 0.05) is 10.5 Å². The van der Waals surface area contributed by atoms with Crippen molar-refractivity contribution in [1.82, 2.24) is 19.9 Å². The van der Waals surface area contributed by atoms with Crippen LogP contribution < -0.4 is 9.97 Å². The first-order chi connectivity index (χ1) is 26.8. The Bertz CT molecular complexity index is 2920. The van der Waals surface area contributed by atoms with Gasteiger partial charge in [0.25, 0.3) is 0 Å². The van der Waals surface area contributed by atoms with Crippen molar-refractivity contribution in [3.8, 4) is 44.5 Å². The minimum Gasteiger partial charge on any atom is -0.657 e. The van der Waals surface area contributed by atoms with Crippen molar-refractivity contribution in [2.75, 3.05) is 0 Å². The summed E-state index contributed by atoms with van der Waals surface area (Å²) >= 11 is 0. The zero-order valence-corrected chi connectivity index (χ0v) is 32.2. The Morgan fingerprint density at radius 3 is 1.29 bits per heavy atom. The van der Waals surface area contributed by atoms with Crippen LogP contribution in [0.4, 0.5) is 0 Å². The van der Waals surface area contributed by atoms with Gasteiger partial charge in [-0.15, -0.1) is 22.1 Å². The molecule has 5 heterocycles. The molecule has 2 aliphatic rings. The molecule has 8 bridgehead atoms. The zero-order chi connectivity index (χ0) is 37.6. The molecule has 0 saturated heterocycles. The number of azide groups is 1. The first-order valence-electron chi connectivity index (χ1n) is 18.3. The fraction of sp³-hybridized carbons (Fsp3) is 0.0833. The molecule has 8 heteroatoms. The number of benzene rings is 4. The van der Waals surface area contributed by atoms with Crippen LogP contribution in [0.1, 0.15) is 45.0 Å². The Balaban J connectivity index is 0.00000441. The van der Waals surface area contributed by atoms with Gasteiger partial charge in [0.2, 0.25) is 0 Å². The van der Waals surface area contributed by atoms with Crippen LogP contribution in [-0.4, -0.2) is 9.97 Å². The SMILES string of the molecule is Cc1ccc(-c2c3nc(c(-c4ccc(C)cc4)c4ccc([n-]4)c(-c4ccc(C)cc4)c4ccc([n-]4)c(-c4ccc(C)cc4)c4nc2C=C4N=[N+]=[N-])C=C3)cc1.[Ni+2]. The van der Waals surface area contributed by atoms with E-state index >= 15 is 0 Å². The molecule has 3 aromatic heterocycles. The molecule has 0 radical (unpaired) electrons. The van der Waals surface area contributed by atoms with Crippen LogP contribution in [-0.2, 0) is 16.5 Å². The Morgan fingerprint density at radius 1 is 0.446 bits per heavy atom. The largest absolute Gasteiger partial charge is 2.00 e. The molecular formula is C48H35N7Ni. The maximum Gasteiger partial charge on any atom is 2.00 e. The average Bonchev–Trinajstić information content (AvgIpc) is 4.02. The quantitative estimate of drug-likeness (QED) is 0.0752. The third-order valence-electron chi connectivity index (χ3n) is 10.2. The van der Waals surface area contributed by atoms with Gasteiger partial charge in [-0.1, -0.05) is 149 Å². The molecule has 0 saturated carbocycles. The van der Waals surface area contributed by atoms with Crippen molar-refractivity contribution in [2.24, 2.45) is 5.11 Å². The van der Waals surface area contributed by atoms with E-state index in [1.807, 2.05) is 24.3 Å². The standard InChI is InChI=1S/C48H35N7.Ni/c1-28-5-13-32(14-6-28)44-36-21-22-37(50-36)45(33-15-7-29(2)8-16-33)39-25-26-41(52-39)47(35-19-11-31(4)12-20-35)48-43(54-55-49)27-42(53-48)46(40-24-23-38(44)51-40)34-17-9-30(3)10-18-34;/h5-27H,1-4H3;/q-2;+2. The van der Waals surface area contributed by atoms with Gasteiger partial charge in [-0.05, 0) is 90.4 Å². The fourth-order valence-electron chi connectivity index (χ4n) is 7.33. The number of nitrogens with zero attached hydrogens (tertiary/aromatic N) is 7. The number of fused-ring (bicyclic) bond motifs is 8. The topological polar surface area (TPSA) is 103 Å². The molecule has 0 unspecified atom stereocenters. The van der Waals surface area contributed by atoms with Gasteiger partial charge >= 0.3 is 16.5 Å². The van der Waals surface area contributed by atoms with Gasteiger partial charge in [-0.3, -0.25) is 0 Å². The fourth-order valence-corrected chi connectivity index (χ4v) is 7.33. The van der Waals surface area contributed by atoms with Gasteiger partial charge < -0.3 is 9.97 Å². The van der Waals surface area contributed by atoms with E-state index in [1.165, 1.54) is 11.1 Å².